The molecule has 0 fully saturated rings. The SMILES string of the molecule is COc1cc(C)c2[nH]ccc2c1[C@H](C)n1[nH]c2ccc(C#N)cc2c1=O. The van der Waals surface area contributed by atoms with Crippen molar-refractivity contribution < 1.29 is 4.74 Å². The lowest BCUT2D eigenvalue weighted by molar-refractivity contribution is 0.401. The second-order valence-corrected chi connectivity index (χ2v) is 6.41. The summed E-state index contributed by atoms with van der Waals surface area (Å²) in [5.74, 6) is 0.741. The number of aryl methyl sites for hydroxylation is 1. The molecule has 0 radical (unpaired) electrons. The normalized spacial score (nSPS) is 12.4. The number of nitrogens with zero attached hydrogens (tertiary/aromatic N) is 2. The Labute approximate surface area is 149 Å². The summed E-state index contributed by atoms with van der Waals surface area (Å²) >= 11 is 0. The molecule has 130 valence electrons. The zero-order chi connectivity index (χ0) is 18.4. The van der Waals surface area contributed by atoms with Gasteiger partial charge >= 0.3 is 0 Å². The monoisotopic (exact) mass is 346 g/mol. The molecule has 0 spiro atoms. The highest BCUT2D eigenvalue weighted by molar-refractivity contribution is 5.88. The van der Waals surface area contributed by atoms with Gasteiger partial charge in [-0.1, -0.05) is 0 Å². The van der Waals surface area contributed by atoms with Gasteiger partial charge in [-0.05, 0) is 49.7 Å². The maximum atomic E-state index is 12.9. The van der Waals surface area contributed by atoms with Crippen molar-refractivity contribution in [2.75, 3.05) is 7.11 Å². The van der Waals surface area contributed by atoms with Crippen molar-refractivity contribution in [2.45, 2.75) is 19.9 Å². The minimum atomic E-state index is -0.269. The minimum absolute atomic E-state index is 0.157. The molecular formula is C20H18N4O2. The van der Waals surface area contributed by atoms with E-state index < -0.39 is 0 Å². The van der Waals surface area contributed by atoms with Crippen LogP contribution in [0, 0.1) is 18.3 Å². The van der Waals surface area contributed by atoms with E-state index in [4.69, 9.17) is 10.00 Å². The van der Waals surface area contributed by atoms with E-state index in [-0.39, 0.29) is 11.6 Å². The summed E-state index contributed by atoms with van der Waals surface area (Å²) in [6.45, 7) is 3.98. The molecule has 0 amide bonds. The lowest BCUT2D eigenvalue weighted by Gasteiger charge is -2.18. The van der Waals surface area contributed by atoms with E-state index in [9.17, 15) is 4.79 Å². The number of H-pyrrole nitrogens is 2. The Balaban J connectivity index is 1.97. The van der Waals surface area contributed by atoms with Crippen molar-refractivity contribution in [3.8, 4) is 11.8 Å². The first-order chi connectivity index (χ1) is 12.5. The van der Waals surface area contributed by atoms with E-state index in [0.29, 0.717) is 16.5 Å². The van der Waals surface area contributed by atoms with E-state index in [1.807, 2.05) is 32.2 Å². The van der Waals surface area contributed by atoms with Gasteiger partial charge in [-0.25, -0.2) is 4.68 Å². The summed E-state index contributed by atoms with van der Waals surface area (Å²) < 4.78 is 7.20. The van der Waals surface area contributed by atoms with Crippen molar-refractivity contribution in [1.82, 2.24) is 14.8 Å². The third-order valence-electron chi connectivity index (χ3n) is 4.91. The molecule has 6 nitrogen and oxygen atoms in total. The number of aromatic amines is 2. The van der Waals surface area contributed by atoms with Gasteiger partial charge < -0.3 is 9.72 Å². The third kappa shape index (κ3) is 2.21. The van der Waals surface area contributed by atoms with Gasteiger partial charge in [0.1, 0.15) is 5.75 Å². The van der Waals surface area contributed by atoms with Crippen LogP contribution in [-0.2, 0) is 0 Å². The Morgan fingerprint density at radius 2 is 2.04 bits per heavy atom. The van der Waals surface area contributed by atoms with Gasteiger partial charge in [0.15, 0.2) is 0 Å². The number of nitrogens with one attached hydrogen (secondary N) is 2. The van der Waals surface area contributed by atoms with Crippen LogP contribution in [0.2, 0.25) is 0 Å². The number of nitriles is 1. The molecule has 4 aromatic rings. The van der Waals surface area contributed by atoms with Gasteiger partial charge in [-0.2, -0.15) is 5.26 Å². The summed E-state index contributed by atoms with van der Waals surface area (Å²) in [7, 11) is 1.64. The van der Waals surface area contributed by atoms with Crippen LogP contribution in [-0.4, -0.2) is 21.9 Å². The molecular weight excluding hydrogens is 328 g/mol. The van der Waals surface area contributed by atoms with E-state index in [2.05, 4.69) is 16.2 Å². The van der Waals surface area contributed by atoms with Crippen LogP contribution in [0.5, 0.6) is 5.75 Å². The summed E-state index contributed by atoms with van der Waals surface area (Å²) in [5, 5.41) is 13.8. The molecule has 0 saturated carbocycles. The number of fused-ring (bicyclic) bond motifs is 2. The highest BCUT2D eigenvalue weighted by Gasteiger charge is 2.22. The van der Waals surface area contributed by atoms with Crippen LogP contribution in [0.15, 0.2) is 41.3 Å². The Bertz CT molecular complexity index is 1240. The van der Waals surface area contributed by atoms with E-state index in [1.165, 1.54) is 0 Å². The number of rotatable bonds is 3. The molecule has 26 heavy (non-hydrogen) atoms. The fourth-order valence-electron chi connectivity index (χ4n) is 3.60. The molecule has 6 heteroatoms. The predicted molar refractivity (Wildman–Crippen MR) is 101 cm³/mol. The van der Waals surface area contributed by atoms with Gasteiger partial charge in [-0.15, -0.1) is 0 Å². The molecule has 0 saturated heterocycles. The van der Waals surface area contributed by atoms with Crippen LogP contribution in [0.25, 0.3) is 21.8 Å². The topological polar surface area (TPSA) is 86.6 Å². The van der Waals surface area contributed by atoms with Crippen LogP contribution in [0.3, 0.4) is 0 Å². The zero-order valence-corrected chi connectivity index (χ0v) is 14.8. The minimum Gasteiger partial charge on any atom is -0.496 e. The third-order valence-corrected chi connectivity index (χ3v) is 4.91. The predicted octanol–water partition coefficient (Wildman–Crippen LogP) is 3.61. The molecule has 2 aromatic heterocycles. The van der Waals surface area contributed by atoms with Crippen molar-refractivity contribution >= 4 is 21.8 Å². The first-order valence-electron chi connectivity index (χ1n) is 8.34. The highest BCUT2D eigenvalue weighted by atomic mass is 16.5. The molecule has 0 bridgehead atoms. The number of hydrogen-bond donors (Lipinski definition) is 2. The average Bonchev–Trinajstić information content (AvgIpc) is 3.26. The Morgan fingerprint density at radius 3 is 2.77 bits per heavy atom. The smallest absolute Gasteiger partial charge is 0.274 e. The quantitative estimate of drug-likeness (QED) is 0.594. The maximum Gasteiger partial charge on any atom is 0.274 e. The number of ether oxygens (including phenoxy) is 1. The molecule has 2 aromatic carbocycles. The number of methoxy groups -OCH3 is 1. The summed E-state index contributed by atoms with van der Waals surface area (Å²) in [5.41, 5.74) is 4.06. The Kier molecular flexibility index (Phi) is 3.58. The lowest BCUT2D eigenvalue weighted by atomic mass is 9.99. The fourth-order valence-corrected chi connectivity index (χ4v) is 3.60. The number of benzene rings is 2. The van der Waals surface area contributed by atoms with Crippen molar-refractivity contribution in [3.05, 3.63) is 63.6 Å². The first kappa shape index (κ1) is 16.0. The van der Waals surface area contributed by atoms with Crippen LogP contribution in [0.4, 0.5) is 0 Å². The van der Waals surface area contributed by atoms with Crippen molar-refractivity contribution in [3.63, 3.8) is 0 Å². The lowest BCUT2D eigenvalue weighted by Crippen LogP contribution is -2.22. The van der Waals surface area contributed by atoms with Crippen LogP contribution >= 0.6 is 0 Å². The zero-order valence-electron chi connectivity index (χ0n) is 14.8. The van der Waals surface area contributed by atoms with Crippen molar-refractivity contribution in [2.24, 2.45) is 0 Å². The van der Waals surface area contributed by atoms with Crippen molar-refractivity contribution in [1.29, 1.82) is 5.26 Å². The molecule has 4 rings (SSSR count). The summed E-state index contributed by atoms with van der Waals surface area (Å²) in [4.78, 5) is 16.2. The number of hydrogen-bond acceptors (Lipinski definition) is 3. The second kappa shape index (κ2) is 5.81. The van der Waals surface area contributed by atoms with Gasteiger partial charge in [0.2, 0.25) is 0 Å². The fraction of sp³-hybridized carbons (Fsp3) is 0.200. The van der Waals surface area contributed by atoms with E-state index in [1.54, 1.807) is 30.0 Å². The molecule has 0 aliphatic heterocycles. The molecule has 0 aliphatic rings. The Hall–Kier alpha value is -3.46. The maximum absolute atomic E-state index is 12.9. The van der Waals surface area contributed by atoms with Crippen LogP contribution < -0.4 is 10.3 Å². The van der Waals surface area contributed by atoms with E-state index >= 15 is 0 Å². The second-order valence-electron chi connectivity index (χ2n) is 6.41. The summed E-state index contributed by atoms with van der Waals surface area (Å²) in [6.07, 6.45) is 1.89. The average molecular weight is 346 g/mol. The largest absolute Gasteiger partial charge is 0.496 e. The van der Waals surface area contributed by atoms with Gasteiger partial charge in [-0.3, -0.25) is 9.89 Å². The van der Waals surface area contributed by atoms with Gasteiger partial charge in [0.05, 0.1) is 35.7 Å². The summed E-state index contributed by atoms with van der Waals surface area (Å²) in [6, 6.07) is 10.9. The first-order valence-corrected chi connectivity index (χ1v) is 8.34. The highest BCUT2D eigenvalue weighted by Crippen LogP contribution is 2.36. The number of aromatic nitrogens is 3. The molecule has 2 N–H and O–H groups in total. The molecule has 1 atom stereocenters. The van der Waals surface area contributed by atoms with Gasteiger partial charge in [0, 0.05) is 22.7 Å². The van der Waals surface area contributed by atoms with Crippen LogP contribution in [0.1, 0.15) is 29.7 Å². The Morgan fingerprint density at radius 1 is 1.23 bits per heavy atom. The molecule has 2 heterocycles. The van der Waals surface area contributed by atoms with Gasteiger partial charge in [0.25, 0.3) is 5.56 Å². The van der Waals surface area contributed by atoms with E-state index in [0.717, 1.165) is 27.8 Å². The molecule has 0 unspecified atom stereocenters. The standard InChI is InChI=1S/C20H18N4O2/c1-11-8-17(26-3)18(14-6-7-22-19(11)14)12(2)24-20(25)15-9-13(10-21)4-5-16(15)23-24/h4-9,12,22-23H,1-3H3/t12-/m0/s1. The molecule has 0 aliphatic carbocycles.